The molecule has 25 heavy (non-hydrogen) atoms. The molecule has 2 N–H and O–H groups in total. The number of aromatic nitrogens is 2. The zero-order valence-electron chi connectivity index (χ0n) is 14.4. The molecule has 0 atom stereocenters. The summed E-state index contributed by atoms with van der Waals surface area (Å²) in [7, 11) is 0. The van der Waals surface area contributed by atoms with Gasteiger partial charge in [0, 0.05) is 24.1 Å². The Balaban J connectivity index is 2.18. The monoisotopic (exact) mass is 363 g/mol. The molecule has 8 nitrogen and oxygen atoms in total. The van der Waals surface area contributed by atoms with Gasteiger partial charge in [-0.3, -0.25) is 20.2 Å². The summed E-state index contributed by atoms with van der Waals surface area (Å²) in [6.07, 6.45) is 1.91. The summed E-state index contributed by atoms with van der Waals surface area (Å²) in [5, 5.41) is 26.2. The molecule has 0 bridgehead atoms. The number of anilines is 2. The Labute approximate surface area is 149 Å². The average Bonchev–Trinajstić information content (AvgIpc) is 3.04. The first-order valence-electron chi connectivity index (χ1n) is 8.17. The molecule has 1 aromatic heterocycles. The SMILES string of the molecule is CCNc1ccc(C(=O)Nc2nnc(C(CC)CC)s2)cc1[N+](=O)[O-]. The molecule has 2 rings (SSSR count). The first kappa shape index (κ1) is 18.8. The lowest BCUT2D eigenvalue weighted by atomic mass is 10.1. The van der Waals surface area contributed by atoms with Crippen molar-refractivity contribution in [1.29, 1.82) is 0 Å². The predicted octanol–water partition coefficient (Wildman–Crippen LogP) is 4.03. The van der Waals surface area contributed by atoms with Crippen molar-refractivity contribution in [2.75, 3.05) is 17.2 Å². The van der Waals surface area contributed by atoms with E-state index in [-0.39, 0.29) is 11.3 Å². The normalized spacial score (nSPS) is 10.7. The van der Waals surface area contributed by atoms with Gasteiger partial charge in [0.05, 0.1) is 4.92 Å². The van der Waals surface area contributed by atoms with Gasteiger partial charge in [-0.05, 0) is 31.9 Å². The van der Waals surface area contributed by atoms with Crippen molar-refractivity contribution >= 4 is 33.8 Å². The van der Waals surface area contributed by atoms with Crippen LogP contribution in [-0.2, 0) is 0 Å². The van der Waals surface area contributed by atoms with E-state index in [0.29, 0.717) is 23.3 Å². The number of amides is 1. The highest BCUT2D eigenvalue weighted by molar-refractivity contribution is 7.15. The lowest BCUT2D eigenvalue weighted by Gasteiger charge is -2.07. The smallest absolute Gasteiger partial charge is 0.293 e. The molecule has 1 amide bonds. The van der Waals surface area contributed by atoms with Gasteiger partial charge >= 0.3 is 0 Å². The van der Waals surface area contributed by atoms with Gasteiger partial charge in [0.2, 0.25) is 5.13 Å². The zero-order chi connectivity index (χ0) is 18.4. The van der Waals surface area contributed by atoms with E-state index < -0.39 is 10.8 Å². The van der Waals surface area contributed by atoms with Crippen LogP contribution in [0.15, 0.2) is 18.2 Å². The Bertz CT molecular complexity index is 758. The largest absolute Gasteiger partial charge is 0.380 e. The van der Waals surface area contributed by atoms with Crippen molar-refractivity contribution in [2.24, 2.45) is 0 Å². The van der Waals surface area contributed by atoms with Gasteiger partial charge in [-0.1, -0.05) is 25.2 Å². The quantitative estimate of drug-likeness (QED) is 0.541. The third kappa shape index (κ3) is 4.50. The van der Waals surface area contributed by atoms with E-state index in [1.54, 1.807) is 6.07 Å². The Morgan fingerprint density at radius 3 is 2.60 bits per heavy atom. The maximum absolute atomic E-state index is 12.4. The van der Waals surface area contributed by atoms with Gasteiger partial charge in [0.15, 0.2) is 0 Å². The lowest BCUT2D eigenvalue weighted by molar-refractivity contribution is -0.384. The molecule has 0 aliphatic carbocycles. The molecule has 0 aliphatic heterocycles. The third-order valence-electron chi connectivity index (χ3n) is 3.82. The highest BCUT2D eigenvalue weighted by atomic mass is 32.1. The predicted molar refractivity (Wildman–Crippen MR) is 98.4 cm³/mol. The summed E-state index contributed by atoms with van der Waals surface area (Å²) in [6.45, 7) is 6.56. The second-order valence-electron chi connectivity index (χ2n) is 5.43. The highest BCUT2D eigenvalue weighted by Crippen LogP contribution is 2.29. The van der Waals surface area contributed by atoms with Crippen LogP contribution in [0, 0.1) is 10.1 Å². The summed E-state index contributed by atoms with van der Waals surface area (Å²) in [5.41, 5.74) is 0.452. The molecule has 1 aromatic carbocycles. The Morgan fingerprint density at radius 2 is 2.00 bits per heavy atom. The summed E-state index contributed by atoms with van der Waals surface area (Å²) in [4.78, 5) is 23.0. The van der Waals surface area contributed by atoms with E-state index in [1.165, 1.54) is 23.5 Å². The molecule has 0 aliphatic rings. The fourth-order valence-electron chi connectivity index (χ4n) is 2.42. The summed E-state index contributed by atoms with van der Waals surface area (Å²) in [6, 6.07) is 4.34. The number of carbonyl (C=O) groups is 1. The highest BCUT2D eigenvalue weighted by Gasteiger charge is 2.19. The fourth-order valence-corrected chi connectivity index (χ4v) is 3.43. The molecular formula is C16H21N5O3S. The van der Waals surface area contributed by atoms with E-state index in [2.05, 4.69) is 34.7 Å². The molecular weight excluding hydrogens is 342 g/mol. The molecule has 0 spiro atoms. The van der Waals surface area contributed by atoms with Crippen molar-refractivity contribution in [3.63, 3.8) is 0 Å². The first-order valence-corrected chi connectivity index (χ1v) is 8.98. The standard InChI is InChI=1S/C16H21N5O3S/c1-4-10(5-2)15-19-20-16(25-15)18-14(22)11-7-8-12(17-6-3)13(9-11)21(23)24/h7-10,17H,4-6H2,1-3H3,(H,18,20,22). The van der Waals surface area contributed by atoms with Crippen molar-refractivity contribution in [2.45, 2.75) is 39.5 Å². The topological polar surface area (TPSA) is 110 Å². The Hall–Kier alpha value is -2.55. The third-order valence-corrected chi connectivity index (χ3v) is 4.82. The van der Waals surface area contributed by atoms with Crippen LogP contribution in [0.5, 0.6) is 0 Å². The van der Waals surface area contributed by atoms with Gasteiger partial charge in [-0.25, -0.2) is 0 Å². The number of nitrogens with one attached hydrogen (secondary N) is 2. The maximum Gasteiger partial charge on any atom is 0.293 e. The second-order valence-corrected chi connectivity index (χ2v) is 6.44. The summed E-state index contributed by atoms with van der Waals surface area (Å²) in [5.74, 6) is -0.123. The number of carbonyl (C=O) groups excluding carboxylic acids is 1. The van der Waals surface area contributed by atoms with Crippen LogP contribution >= 0.6 is 11.3 Å². The number of nitro benzene ring substituents is 1. The molecule has 0 saturated carbocycles. The van der Waals surface area contributed by atoms with Crippen molar-refractivity contribution in [1.82, 2.24) is 10.2 Å². The Morgan fingerprint density at radius 1 is 1.28 bits per heavy atom. The summed E-state index contributed by atoms with van der Waals surface area (Å²) < 4.78 is 0. The molecule has 0 radical (unpaired) electrons. The van der Waals surface area contributed by atoms with Gasteiger partial charge < -0.3 is 5.32 Å². The van der Waals surface area contributed by atoms with Crippen LogP contribution in [0.1, 0.15) is 54.9 Å². The van der Waals surface area contributed by atoms with Crippen LogP contribution < -0.4 is 10.6 Å². The van der Waals surface area contributed by atoms with Crippen LogP contribution in [0.25, 0.3) is 0 Å². The lowest BCUT2D eigenvalue weighted by Crippen LogP contribution is -2.12. The molecule has 0 saturated heterocycles. The zero-order valence-corrected chi connectivity index (χ0v) is 15.2. The minimum Gasteiger partial charge on any atom is -0.380 e. The van der Waals surface area contributed by atoms with Gasteiger partial charge in [0.25, 0.3) is 11.6 Å². The van der Waals surface area contributed by atoms with Crippen LogP contribution in [0.2, 0.25) is 0 Å². The van der Waals surface area contributed by atoms with E-state index in [0.717, 1.165) is 17.8 Å². The minimum absolute atomic E-state index is 0.135. The van der Waals surface area contributed by atoms with E-state index in [9.17, 15) is 14.9 Å². The van der Waals surface area contributed by atoms with Crippen LogP contribution in [0.3, 0.4) is 0 Å². The number of hydrogen-bond donors (Lipinski definition) is 2. The second kappa shape index (κ2) is 8.52. The fraction of sp³-hybridized carbons (Fsp3) is 0.438. The molecule has 0 fully saturated rings. The number of rotatable bonds is 8. The van der Waals surface area contributed by atoms with Gasteiger partial charge in [-0.2, -0.15) is 0 Å². The first-order chi connectivity index (χ1) is 12.0. The number of nitrogens with zero attached hydrogens (tertiary/aromatic N) is 3. The van der Waals surface area contributed by atoms with Crippen molar-refractivity contribution < 1.29 is 9.72 Å². The molecule has 134 valence electrons. The maximum atomic E-state index is 12.4. The van der Waals surface area contributed by atoms with Crippen LogP contribution in [-0.4, -0.2) is 27.6 Å². The molecule has 9 heteroatoms. The summed E-state index contributed by atoms with van der Waals surface area (Å²) >= 11 is 1.33. The minimum atomic E-state index is -0.509. The van der Waals surface area contributed by atoms with Gasteiger partial charge in [0.1, 0.15) is 10.7 Å². The van der Waals surface area contributed by atoms with E-state index in [1.807, 2.05) is 6.92 Å². The van der Waals surface area contributed by atoms with Gasteiger partial charge in [-0.15, -0.1) is 10.2 Å². The number of benzene rings is 1. The number of nitro groups is 1. The average molecular weight is 363 g/mol. The Kier molecular flexibility index (Phi) is 6.40. The van der Waals surface area contributed by atoms with Crippen molar-refractivity contribution in [3.05, 3.63) is 38.9 Å². The molecule has 0 unspecified atom stereocenters. The molecule has 2 aromatic rings. The molecule has 1 heterocycles. The van der Waals surface area contributed by atoms with Crippen LogP contribution in [0.4, 0.5) is 16.5 Å². The number of hydrogen-bond acceptors (Lipinski definition) is 7. The van der Waals surface area contributed by atoms with E-state index in [4.69, 9.17) is 0 Å². The van der Waals surface area contributed by atoms with Crippen molar-refractivity contribution in [3.8, 4) is 0 Å². The van der Waals surface area contributed by atoms with E-state index >= 15 is 0 Å².